The summed E-state index contributed by atoms with van der Waals surface area (Å²) in [6, 6.07) is 10.2. The van der Waals surface area contributed by atoms with Crippen molar-refractivity contribution in [1.82, 2.24) is 0 Å². The molecule has 0 radical (unpaired) electrons. The Balaban J connectivity index is 2.87. The lowest BCUT2D eigenvalue weighted by atomic mass is 9.80. The van der Waals surface area contributed by atoms with E-state index in [0.717, 1.165) is 5.46 Å². The van der Waals surface area contributed by atoms with E-state index in [-0.39, 0.29) is 7.12 Å². The molecule has 1 rings (SSSR count). The summed E-state index contributed by atoms with van der Waals surface area (Å²) >= 11 is 0. The molecule has 0 saturated carbocycles. The van der Waals surface area contributed by atoms with Crippen molar-refractivity contribution in [3.8, 4) is 0 Å². The van der Waals surface area contributed by atoms with Gasteiger partial charge >= 0.3 is 7.12 Å². The van der Waals surface area contributed by atoms with E-state index in [2.05, 4.69) is 52.1 Å². The third-order valence-corrected chi connectivity index (χ3v) is 3.54. The van der Waals surface area contributed by atoms with Gasteiger partial charge in [-0.2, -0.15) is 0 Å². The molecule has 0 aromatic heterocycles. The van der Waals surface area contributed by atoms with Gasteiger partial charge in [0.15, 0.2) is 0 Å². The van der Waals surface area contributed by atoms with Crippen molar-refractivity contribution in [1.29, 1.82) is 0 Å². The summed E-state index contributed by atoms with van der Waals surface area (Å²) in [6.45, 7) is 13.0. The van der Waals surface area contributed by atoms with Crippen molar-refractivity contribution < 1.29 is 8.88 Å². The Hall–Kier alpha value is 0.0649. The van der Waals surface area contributed by atoms with Crippen molar-refractivity contribution in [2.45, 2.75) is 0 Å². The minimum atomic E-state index is -1.33. The van der Waals surface area contributed by atoms with E-state index in [4.69, 9.17) is 8.88 Å². The third kappa shape index (κ3) is 6.53. The highest BCUT2D eigenvalue weighted by Gasteiger charge is 2.40. The van der Waals surface area contributed by atoms with Crippen LogP contribution in [0, 0.1) is 0 Å². The van der Waals surface area contributed by atoms with E-state index in [9.17, 15) is 0 Å². The highest BCUT2D eigenvalue weighted by Crippen LogP contribution is 2.53. The van der Waals surface area contributed by atoms with Crippen LogP contribution < -0.4 is 5.46 Å². The fourth-order valence-corrected chi connectivity index (χ4v) is 2.87. The van der Waals surface area contributed by atoms with Crippen LogP contribution in [0.15, 0.2) is 30.3 Å². The standard InChI is InChI=1S/C12H23BO2P2/c1-16(2,3)14-13(15-17(4,5)6)12-10-8-7-9-11-12/h7-11H,1-6H3/q+2. The predicted octanol–water partition coefficient (Wildman–Crippen LogP) is 3.06. The first-order valence-electron chi connectivity index (χ1n) is 5.72. The average Bonchev–Trinajstić information content (AvgIpc) is 2.14. The molecule has 94 valence electrons. The Morgan fingerprint density at radius 2 is 1.18 bits per heavy atom. The van der Waals surface area contributed by atoms with Gasteiger partial charge in [0.05, 0.1) is 40.0 Å². The topological polar surface area (TPSA) is 18.5 Å². The molecule has 0 spiro atoms. The summed E-state index contributed by atoms with van der Waals surface area (Å²) in [7, 11) is -2.89. The molecule has 17 heavy (non-hydrogen) atoms. The van der Waals surface area contributed by atoms with Gasteiger partial charge < -0.3 is 0 Å². The minimum Gasteiger partial charge on any atom is -0.251 e. The largest absolute Gasteiger partial charge is 0.576 e. The van der Waals surface area contributed by atoms with Crippen molar-refractivity contribution in [3.05, 3.63) is 30.3 Å². The third-order valence-electron chi connectivity index (χ3n) is 1.90. The number of benzene rings is 1. The molecule has 2 nitrogen and oxygen atoms in total. The molecular formula is C12H23BO2P2+2. The van der Waals surface area contributed by atoms with Crippen LogP contribution in [-0.4, -0.2) is 47.1 Å². The summed E-state index contributed by atoms with van der Waals surface area (Å²) in [5, 5.41) is 0. The molecule has 0 aliphatic rings. The minimum absolute atomic E-state index is 0.224. The fraction of sp³-hybridized carbons (Fsp3) is 0.500. The van der Waals surface area contributed by atoms with Crippen LogP contribution in [0.3, 0.4) is 0 Å². The maximum Gasteiger partial charge on any atom is 0.576 e. The summed E-state index contributed by atoms with van der Waals surface area (Å²) in [5.74, 6) is 0. The normalized spacial score (nSPS) is 12.6. The quantitative estimate of drug-likeness (QED) is 0.605. The lowest BCUT2D eigenvalue weighted by Gasteiger charge is -2.20. The van der Waals surface area contributed by atoms with Crippen LogP contribution >= 0.6 is 15.0 Å². The lowest BCUT2D eigenvalue weighted by molar-refractivity contribution is 0.486. The Bertz CT molecular complexity index is 328. The zero-order chi connectivity index (χ0) is 13.1. The molecule has 0 atom stereocenters. The Morgan fingerprint density at radius 3 is 1.53 bits per heavy atom. The summed E-state index contributed by atoms with van der Waals surface area (Å²) < 4.78 is 12.2. The van der Waals surface area contributed by atoms with Gasteiger partial charge in [0.1, 0.15) is 15.0 Å². The second-order valence-electron chi connectivity index (χ2n) is 5.73. The molecule has 0 bridgehead atoms. The molecule has 0 saturated heterocycles. The molecule has 1 aromatic carbocycles. The molecule has 0 unspecified atom stereocenters. The van der Waals surface area contributed by atoms with Gasteiger partial charge in [0.25, 0.3) is 0 Å². The fourth-order valence-electron chi connectivity index (χ4n) is 1.33. The summed E-state index contributed by atoms with van der Waals surface area (Å²) in [4.78, 5) is 0. The van der Waals surface area contributed by atoms with Crippen LogP contribution in [0.2, 0.25) is 0 Å². The average molecular weight is 272 g/mol. The van der Waals surface area contributed by atoms with Crippen molar-refractivity contribution in [2.24, 2.45) is 0 Å². The van der Waals surface area contributed by atoms with E-state index < -0.39 is 15.0 Å². The zero-order valence-corrected chi connectivity index (χ0v) is 13.5. The first-order chi connectivity index (χ1) is 7.67. The second-order valence-corrected chi connectivity index (χ2v) is 13.7. The van der Waals surface area contributed by atoms with Gasteiger partial charge in [-0.05, 0) is 5.46 Å². The Kier molecular flexibility index (Phi) is 5.16. The molecule has 0 aliphatic carbocycles. The monoisotopic (exact) mass is 272 g/mol. The molecular weight excluding hydrogens is 249 g/mol. The predicted molar refractivity (Wildman–Crippen MR) is 83.4 cm³/mol. The van der Waals surface area contributed by atoms with Gasteiger partial charge in [-0.25, -0.2) is 0 Å². The van der Waals surface area contributed by atoms with Gasteiger partial charge in [-0.1, -0.05) is 30.3 Å². The first-order valence-corrected chi connectivity index (χ1v) is 11.8. The molecule has 5 heteroatoms. The number of hydrogen-bond donors (Lipinski definition) is 0. The van der Waals surface area contributed by atoms with Gasteiger partial charge in [0, 0.05) is 0 Å². The van der Waals surface area contributed by atoms with Crippen LogP contribution in [-0.2, 0) is 8.88 Å². The smallest absolute Gasteiger partial charge is 0.251 e. The van der Waals surface area contributed by atoms with Gasteiger partial charge in [-0.3, -0.25) is 8.88 Å². The molecule has 1 aromatic rings. The molecule has 0 fully saturated rings. The van der Waals surface area contributed by atoms with E-state index in [0.29, 0.717) is 0 Å². The van der Waals surface area contributed by atoms with E-state index in [1.165, 1.54) is 0 Å². The molecule has 0 N–H and O–H groups in total. The summed E-state index contributed by atoms with van der Waals surface area (Å²) in [5.41, 5.74) is 1.11. The molecule has 0 aliphatic heterocycles. The van der Waals surface area contributed by atoms with E-state index in [1.54, 1.807) is 0 Å². The maximum absolute atomic E-state index is 6.12. The number of rotatable bonds is 5. The zero-order valence-electron chi connectivity index (χ0n) is 11.7. The van der Waals surface area contributed by atoms with Crippen LogP contribution in [0.1, 0.15) is 0 Å². The van der Waals surface area contributed by atoms with Crippen LogP contribution in [0.25, 0.3) is 0 Å². The highest BCUT2D eigenvalue weighted by atomic mass is 31.2. The van der Waals surface area contributed by atoms with Crippen LogP contribution in [0.5, 0.6) is 0 Å². The van der Waals surface area contributed by atoms with Gasteiger partial charge in [0.2, 0.25) is 0 Å². The molecule has 0 amide bonds. The molecule has 0 heterocycles. The Morgan fingerprint density at radius 1 is 0.765 bits per heavy atom. The maximum atomic E-state index is 6.12. The van der Waals surface area contributed by atoms with Crippen molar-refractivity contribution >= 4 is 27.6 Å². The Labute approximate surface area is 107 Å². The first kappa shape index (κ1) is 15.1. The van der Waals surface area contributed by atoms with E-state index >= 15 is 0 Å². The van der Waals surface area contributed by atoms with Crippen molar-refractivity contribution in [2.75, 3.05) is 40.0 Å². The highest BCUT2D eigenvalue weighted by molar-refractivity contribution is 7.71. The van der Waals surface area contributed by atoms with Crippen LogP contribution in [0.4, 0.5) is 0 Å². The van der Waals surface area contributed by atoms with Crippen molar-refractivity contribution in [3.63, 3.8) is 0 Å². The second kappa shape index (κ2) is 5.80. The van der Waals surface area contributed by atoms with Gasteiger partial charge in [-0.15, -0.1) is 0 Å². The SMILES string of the molecule is C[P+](C)(C)OB(O[P+](C)(C)C)c1ccccc1. The lowest BCUT2D eigenvalue weighted by Crippen LogP contribution is -2.36. The number of hydrogen-bond acceptors (Lipinski definition) is 2. The van der Waals surface area contributed by atoms with E-state index in [1.807, 2.05) is 18.2 Å². The summed E-state index contributed by atoms with van der Waals surface area (Å²) in [6.07, 6.45) is 0.